The summed E-state index contributed by atoms with van der Waals surface area (Å²) in [7, 11) is 0. The van der Waals surface area contributed by atoms with Crippen molar-refractivity contribution in [3.63, 3.8) is 0 Å². The Hall–Kier alpha value is -0.520. The van der Waals surface area contributed by atoms with Crippen LogP contribution in [0.3, 0.4) is 0 Å². The molecule has 0 saturated heterocycles. The fraction of sp³-hybridized carbons (Fsp3) is 0.444. The lowest BCUT2D eigenvalue weighted by atomic mass is 9.91. The standard InChI is InChI=1S/C9H13NO2S2/c1-13-5-3-9(10,8(11)12)7-2-4-14-6-7/h2,4,6H,3,5,10H2,1H3,(H,11,12). The van der Waals surface area contributed by atoms with Crippen LogP contribution in [0.15, 0.2) is 16.8 Å². The highest BCUT2D eigenvalue weighted by molar-refractivity contribution is 7.98. The average Bonchev–Trinajstić information content (AvgIpc) is 2.66. The molecule has 0 aromatic carbocycles. The second-order valence-electron chi connectivity index (χ2n) is 3.03. The lowest BCUT2D eigenvalue weighted by Gasteiger charge is -2.23. The van der Waals surface area contributed by atoms with Crippen molar-refractivity contribution < 1.29 is 9.90 Å². The maximum atomic E-state index is 11.1. The Morgan fingerprint density at radius 1 is 1.79 bits per heavy atom. The van der Waals surface area contributed by atoms with E-state index in [1.807, 2.05) is 11.6 Å². The van der Waals surface area contributed by atoms with Gasteiger partial charge in [-0.2, -0.15) is 23.1 Å². The van der Waals surface area contributed by atoms with Crippen LogP contribution in [0.2, 0.25) is 0 Å². The zero-order valence-corrected chi connectivity index (χ0v) is 9.53. The van der Waals surface area contributed by atoms with Crippen molar-refractivity contribution in [2.75, 3.05) is 12.0 Å². The molecular formula is C9H13NO2S2. The highest BCUT2D eigenvalue weighted by atomic mass is 32.2. The molecule has 5 heteroatoms. The molecule has 0 aliphatic rings. The van der Waals surface area contributed by atoms with Gasteiger partial charge in [0.15, 0.2) is 0 Å². The smallest absolute Gasteiger partial charge is 0.328 e. The van der Waals surface area contributed by atoms with Gasteiger partial charge >= 0.3 is 5.97 Å². The molecule has 3 nitrogen and oxygen atoms in total. The average molecular weight is 231 g/mol. The van der Waals surface area contributed by atoms with Crippen molar-refractivity contribution in [3.05, 3.63) is 22.4 Å². The molecule has 0 radical (unpaired) electrons. The van der Waals surface area contributed by atoms with Gasteiger partial charge in [-0.3, -0.25) is 0 Å². The first-order valence-corrected chi connectivity index (χ1v) is 6.49. The Bertz CT molecular complexity index is 300. The largest absolute Gasteiger partial charge is 0.480 e. The first kappa shape index (κ1) is 11.6. The molecule has 0 aliphatic carbocycles. The van der Waals surface area contributed by atoms with Gasteiger partial charge in [0.1, 0.15) is 5.54 Å². The third kappa shape index (κ3) is 2.29. The molecule has 1 unspecified atom stereocenters. The van der Waals surface area contributed by atoms with Crippen molar-refractivity contribution in [3.8, 4) is 0 Å². The predicted octanol–water partition coefficient (Wildman–Crippen LogP) is 1.74. The molecule has 0 bridgehead atoms. The van der Waals surface area contributed by atoms with Gasteiger partial charge in [0.05, 0.1) is 0 Å². The Morgan fingerprint density at radius 3 is 2.93 bits per heavy atom. The normalized spacial score (nSPS) is 15.0. The number of carboxylic acids is 1. The zero-order valence-electron chi connectivity index (χ0n) is 7.90. The van der Waals surface area contributed by atoms with Crippen LogP contribution in [0.4, 0.5) is 0 Å². The van der Waals surface area contributed by atoms with E-state index in [-0.39, 0.29) is 0 Å². The van der Waals surface area contributed by atoms with E-state index in [4.69, 9.17) is 10.8 Å². The van der Waals surface area contributed by atoms with Gasteiger partial charge in [0, 0.05) is 0 Å². The van der Waals surface area contributed by atoms with Crippen LogP contribution in [-0.2, 0) is 10.3 Å². The number of hydrogen-bond acceptors (Lipinski definition) is 4. The van der Waals surface area contributed by atoms with E-state index in [1.165, 1.54) is 11.3 Å². The summed E-state index contributed by atoms with van der Waals surface area (Å²) in [6.07, 6.45) is 2.40. The minimum absolute atomic E-state index is 0.459. The summed E-state index contributed by atoms with van der Waals surface area (Å²) in [5.74, 6) is -0.205. The number of carboxylic acid groups (broad SMARTS) is 1. The molecule has 3 N–H and O–H groups in total. The molecule has 1 atom stereocenters. The Morgan fingerprint density at radius 2 is 2.50 bits per heavy atom. The quantitative estimate of drug-likeness (QED) is 0.810. The number of nitrogens with two attached hydrogens (primary N) is 1. The van der Waals surface area contributed by atoms with Gasteiger partial charge in [-0.25, -0.2) is 4.79 Å². The summed E-state index contributed by atoms with van der Waals surface area (Å²) in [6, 6.07) is 1.78. The highest BCUT2D eigenvalue weighted by Crippen LogP contribution is 2.26. The predicted molar refractivity (Wildman–Crippen MR) is 60.8 cm³/mol. The number of thiophene rings is 1. The van der Waals surface area contributed by atoms with Crippen molar-refractivity contribution in [1.82, 2.24) is 0 Å². The maximum absolute atomic E-state index is 11.1. The first-order valence-electron chi connectivity index (χ1n) is 4.15. The number of rotatable bonds is 5. The summed E-state index contributed by atoms with van der Waals surface area (Å²) < 4.78 is 0. The minimum Gasteiger partial charge on any atom is -0.480 e. The maximum Gasteiger partial charge on any atom is 0.328 e. The molecule has 0 aliphatic heterocycles. The molecule has 1 heterocycles. The van der Waals surface area contributed by atoms with Crippen LogP contribution in [0.25, 0.3) is 0 Å². The van der Waals surface area contributed by atoms with Crippen LogP contribution in [-0.4, -0.2) is 23.1 Å². The minimum atomic E-state index is -1.22. The van der Waals surface area contributed by atoms with E-state index in [1.54, 1.807) is 23.2 Å². The van der Waals surface area contributed by atoms with E-state index in [9.17, 15) is 4.79 Å². The second kappa shape index (κ2) is 4.82. The van der Waals surface area contributed by atoms with Crippen molar-refractivity contribution in [1.29, 1.82) is 0 Å². The molecule has 78 valence electrons. The Labute approximate surface area is 91.3 Å². The van der Waals surface area contributed by atoms with Crippen LogP contribution in [0.1, 0.15) is 12.0 Å². The van der Waals surface area contributed by atoms with E-state index < -0.39 is 11.5 Å². The molecule has 14 heavy (non-hydrogen) atoms. The van der Waals surface area contributed by atoms with Crippen LogP contribution in [0.5, 0.6) is 0 Å². The molecule has 0 amide bonds. The summed E-state index contributed by atoms with van der Waals surface area (Å²) in [6.45, 7) is 0. The van der Waals surface area contributed by atoms with Gasteiger partial charge in [-0.05, 0) is 40.8 Å². The molecule has 1 aromatic rings. The summed E-state index contributed by atoms with van der Waals surface area (Å²) in [5.41, 5.74) is 5.37. The summed E-state index contributed by atoms with van der Waals surface area (Å²) in [4.78, 5) is 11.1. The number of carbonyl (C=O) groups is 1. The molecule has 1 rings (SSSR count). The Balaban J connectivity index is 2.87. The van der Waals surface area contributed by atoms with Crippen LogP contribution < -0.4 is 5.73 Å². The third-order valence-electron chi connectivity index (χ3n) is 2.12. The van der Waals surface area contributed by atoms with Gasteiger partial charge in [-0.15, -0.1) is 0 Å². The van der Waals surface area contributed by atoms with Gasteiger partial charge in [-0.1, -0.05) is 0 Å². The van der Waals surface area contributed by atoms with Crippen LogP contribution >= 0.6 is 23.1 Å². The first-order chi connectivity index (χ1) is 6.61. The van der Waals surface area contributed by atoms with E-state index in [0.29, 0.717) is 12.0 Å². The molecular weight excluding hydrogens is 218 g/mol. The fourth-order valence-corrected chi connectivity index (χ4v) is 2.42. The topological polar surface area (TPSA) is 63.3 Å². The lowest BCUT2D eigenvalue weighted by molar-refractivity contribution is -0.143. The third-order valence-corrected chi connectivity index (χ3v) is 3.41. The second-order valence-corrected chi connectivity index (χ2v) is 4.80. The number of hydrogen-bond donors (Lipinski definition) is 2. The number of aliphatic carboxylic acids is 1. The van der Waals surface area contributed by atoms with E-state index >= 15 is 0 Å². The fourth-order valence-electron chi connectivity index (χ4n) is 1.16. The molecule has 0 fully saturated rings. The summed E-state index contributed by atoms with van der Waals surface area (Å²) in [5, 5.41) is 12.7. The van der Waals surface area contributed by atoms with Crippen molar-refractivity contribution in [2.24, 2.45) is 5.73 Å². The van der Waals surface area contributed by atoms with Crippen molar-refractivity contribution >= 4 is 29.1 Å². The van der Waals surface area contributed by atoms with Gasteiger partial charge in [0.2, 0.25) is 0 Å². The summed E-state index contributed by atoms with van der Waals surface area (Å²) >= 11 is 3.07. The Kier molecular flexibility index (Phi) is 3.97. The SMILES string of the molecule is CSCCC(N)(C(=O)O)c1ccsc1. The van der Waals surface area contributed by atoms with Crippen molar-refractivity contribution in [2.45, 2.75) is 12.0 Å². The molecule has 0 saturated carbocycles. The molecule has 0 spiro atoms. The van der Waals surface area contributed by atoms with Gasteiger partial charge < -0.3 is 10.8 Å². The van der Waals surface area contributed by atoms with E-state index in [0.717, 1.165) is 5.75 Å². The molecule has 1 aromatic heterocycles. The lowest BCUT2D eigenvalue weighted by Crippen LogP contribution is -2.45. The zero-order chi connectivity index (χ0) is 10.6. The monoisotopic (exact) mass is 231 g/mol. The number of thioether (sulfide) groups is 1. The van der Waals surface area contributed by atoms with Gasteiger partial charge in [0.25, 0.3) is 0 Å². The highest BCUT2D eigenvalue weighted by Gasteiger charge is 2.35. The van der Waals surface area contributed by atoms with Crippen LogP contribution in [0, 0.1) is 0 Å². The van der Waals surface area contributed by atoms with E-state index in [2.05, 4.69) is 0 Å².